The summed E-state index contributed by atoms with van der Waals surface area (Å²) >= 11 is 0. The molecule has 4 heteroatoms. The van der Waals surface area contributed by atoms with E-state index in [1.807, 2.05) is 49.4 Å². The molecule has 0 fully saturated rings. The van der Waals surface area contributed by atoms with E-state index in [0.717, 1.165) is 28.2 Å². The normalized spacial score (nSPS) is 10.6. The van der Waals surface area contributed by atoms with Crippen LogP contribution in [-0.4, -0.2) is 20.1 Å². The van der Waals surface area contributed by atoms with Crippen molar-refractivity contribution < 1.29 is 14.3 Å². The average Bonchev–Trinajstić information content (AvgIpc) is 2.58. The highest BCUT2D eigenvalue weighted by Gasteiger charge is 2.04. The van der Waals surface area contributed by atoms with Crippen LogP contribution in [0.3, 0.4) is 0 Å². The van der Waals surface area contributed by atoms with Gasteiger partial charge in [-0.05, 0) is 31.2 Å². The number of carbonyl (C=O) groups excluding carboxylic acids is 1. The van der Waals surface area contributed by atoms with Crippen LogP contribution in [0.4, 0.5) is 0 Å². The van der Waals surface area contributed by atoms with E-state index in [2.05, 4.69) is 5.32 Å². The van der Waals surface area contributed by atoms with Crippen molar-refractivity contribution in [3.05, 3.63) is 65.2 Å². The zero-order valence-corrected chi connectivity index (χ0v) is 13.6. The topological polar surface area (TPSA) is 47.6 Å². The van der Waals surface area contributed by atoms with Crippen LogP contribution in [0.1, 0.15) is 16.7 Å². The smallest absolute Gasteiger partial charge is 0.244 e. The van der Waals surface area contributed by atoms with E-state index in [9.17, 15) is 4.79 Å². The zero-order chi connectivity index (χ0) is 16.7. The summed E-state index contributed by atoms with van der Waals surface area (Å²) in [5.74, 6) is 1.33. The van der Waals surface area contributed by atoms with Crippen LogP contribution < -0.4 is 14.8 Å². The second kappa shape index (κ2) is 8.03. The summed E-state index contributed by atoms with van der Waals surface area (Å²) in [4.78, 5) is 12.0. The number of hydrogen-bond donors (Lipinski definition) is 1. The summed E-state index contributed by atoms with van der Waals surface area (Å²) in [7, 11) is 3.23. The van der Waals surface area contributed by atoms with Crippen LogP contribution in [0.15, 0.2) is 48.5 Å². The van der Waals surface area contributed by atoms with Crippen molar-refractivity contribution in [2.24, 2.45) is 0 Å². The fourth-order valence-electron chi connectivity index (χ4n) is 2.24. The van der Waals surface area contributed by atoms with Gasteiger partial charge in [0.25, 0.3) is 0 Å². The van der Waals surface area contributed by atoms with Crippen molar-refractivity contribution >= 4 is 12.0 Å². The lowest BCUT2D eigenvalue weighted by Crippen LogP contribution is -2.20. The summed E-state index contributed by atoms with van der Waals surface area (Å²) in [5.41, 5.74) is 2.92. The lowest BCUT2D eigenvalue weighted by molar-refractivity contribution is -0.116. The molecule has 0 aliphatic rings. The molecule has 0 aromatic heterocycles. The molecular weight excluding hydrogens is 290 g/mol. The Kier molecular flexibility index (Phi) is 5.80. The first-order valence-electron chi connectivity index (χ1n) is 7.36. The average molecular weight is 311 g/mol. The molecule has 0 radical (unpaired) electrons. The quantitative estimate of drug-likeness (QED) is 0.832. The molecule has 0 bridgehead atoms. The second-order valence-corrected chi connectivity index (χ2v) is 5.11. The first kappa shape index (κ1) is 16.6. The summed E-state index contributed by atoms with van der Waals surface area (Å²) in [6.07, 6.45) is 3.26. The Labute approximate surface area is 136 Å². The van der Waals surface area contributed by atoms with Gasteiger partial charge in [-0.1, -0.05) is 29.8 Å². The summed E-state index contributed by atoms with van der Waals surface area (Å²) in [5, 5.41) is 2.85. The summed E-state index contributed by atoms with van der Waals surface area (Å²) in [6.45, 7) is 2.41. The highest BCUT2D eigenvalue weighted by atomic mass is 16.5. The molecule has 4 nitrogen and oxygen atoms in total. The molecule has 1 amide bonds. The molecule has 0 saturated carbocycles. The zero-order valence-electron chi connectivity index (χ0n) is 13.6. The van der Waals surface area contributed by atoms with E-state index in [1.54, 1.807) is 20.3 Å². The lowest BCUT2D eigenvalue weighted by atomic mass is 10.1. The number of para-hydroxylation sites is 1. The van der Waals surface area contributed by atoms with E-state index >= 15 is 0 Å². The Balaban J connectivity index is 2.01. The van der Waals surface area contributed by atoms with Crippen molar-refractivity contribution in [3.8, 4) is 11.5 Å². The van der Waals surface area contributed by atoms with Crippen LogP contribution in [0.25, 0.3) is 6.08 Å². The molecule has 2 aromatic rings. The Hall–Kier alpha value is -2.75. The third kappa shape index (κ3) is 4.61. The monoisotopic (exact) mass is 311 g/mol. The molecule has 0 unspecified atom stereocenters. The van der Waals surface area contributed by atoms with Crippen molar-refractivity contribution in [1.29, 1.82) is 0 Å². The number of hydrogen-bond acceptors (Lipinski definition) is 3. The van der Waals surface area contributed by atoms with Gasteiger partial charge in [-0.25, -0.2) is 0 Å². The third-order valence-electron chi connectivity index (χ3n) is 3.45. The number of carbonyl (C=O) groups is 1. The highest BCUT2D eigenvalue weighted by Crippen LogP contribution is 2.21. The largest absolute Gasteiger partial charge is 0.496 e. The molecule has 1 N–H and O–H groups in total. The number of ether oxygens (including phenoxy) is 2. The minimum atomic E-state index is -0.167. The van der Waals surface area contributed by atoms with E-state index in [-0.39, 0.29) is 5.91 Å². The number of rotatable bonds is 6. The predicted octanol–water partition coefficient (Wildman–Crippen LogP) is 3.34. The number of amides is 1. The van der Waals surface area contributed by atoms with Crippen LogP contribution in [0.2, 0.25) is 0 Å². The maximum atomic E-state index is 12.0. The van der Waals surface area contributed by atoms with Gasteiger partial charge < -0.3 is 14.8 Å². The molecule has 120 valence electrons. The first-order chi connectivity index (χ1) is 11.1. The number of benzene rings is 2. The van der Waals surface area contributed by atoms with Crippen molar-refractivity contribution in [1.82, 2.24) is 5.32 Å². The van der Waals surface area contributed by atoms with Gasteiger partial charge in [0, 0.05) is 23.7 Å². The highest BCUT2D eigenvalue weighted by molar-refractivity contribution is 5.92. The lowest BCUT2D eigenvalue weighted by Gasteiger charge is -2.08. The summed E-state index contributed by atoms with van der Waals surface area (Å²) in [6, 6.07) is 13.4. The molecule has 0 heterocycles. The van der Waals surface area contributed by atoms with Gasteiger partial charge in [0.15, 0.2) is 0 Å². The van der Waals surface area contributed by atoms with Gasteiger partial charge >= 0.3 is 0 Å². The molecule has 0 aliphatic carbocycles. The van der Waals surface area contributed by atoms with E-state index < -0.39 is 0 Å². The molecule has 0 saturated heterocycles. The molecule has 0 spiro atoms. The van der Waals surface area contributed by atoms with E-state index in [4.69, 9.17) is 9.47 Å². The van der Waals surface area contributed by atoms with E-state index in [1.165, 1.54) is 6.08 Å². The third-order valence-corrected chi connectivity index (χ3v) is 3.45. The Morgan fingerprint density at radius 1 is 1.09 bits per heavy atom. The van der Waals surface area contributed by atoms with Gasteiger partial charge in [-0.15, -0.1) is 0 Å². The van der Waals surface area contributed by atoms with Crippen molar-refractivity contribution in [2.45, 2.75) is 13.5 Å². The van der Waals surface area contributed by atoms with E-state index in [0.29, 0.717) is 6.54 Å². The predicted molar refractivity (Wildman–Crippen MR) is 91.6 cm³/mol. The maximum absolute atomic E-state index is 12.0. The van der Waals surface area contributed by atoms with Gasteiger partial charge in [-0.2, -0.15) is 0 Å². The van der Waals surface area contributed by atoms with Crippen molar-refractivity contribution in [2.75, 3.05) is 14.2 Å². The standard InChI is InChI=1S/C19H21NO3/c1-14-8-10-18(23-3)15(12-14)9-11-19(21)20-13-16-6-4-5-7-17(16)22-2/h4-12H,13H2,1-3H3,(H,20,21)/b11-9+. The molecule has 2 aromatic carbocycles. The van der Waals surface area contributed by atoms with Crippen LogP contribution >= 0.6 is 0 Å². The van der Waals surface area contributed by atoms with Crippen LogP contribution in [-0.2, 0) is 11.3 Å². The van der Waals surface area contributed by atoms with Gasteiger partial charge in [0.05, 0.1) is 14.2 Å². The molecular formula is C19H21NO3. The second-order valence-electron chi connectivity index (χ2n) is 5.11. The molecule has 0 aliphatic heterocycles. The SMILES string of the molecule is COc1ccc(C)cc1/C=C/C(=O)NCc1ccccc1OC. The molecule has 2 rings (SSSR count). The fraction of sp³-hybridized carbons (Fsp3) is 0.211. The minimum absolute atomic E-state index is 0.167. The van der Waals surface area contributed by atoms with Crippen LogP contribution in [0.5, 0.6) is 11.5 Å². The Morgan fingerprint density at radius 3 is 2.57 bits per heavy atom. The summed E-state index contributed by atoms with van der Waals surface area (Å²) < 4.78 is 10.6. The number of methoxy groups -OCH3 is 2. The Morgan fingerprint density at radius 2 is 1.83 bits per heavy atom. The first-order valence-corrected chi connectivity index (χ1v) is 7.36. The number of nitrogens with one attached hydrogen (secondary N) is 1. The molecule has 23 heavy (non-hydrogen) atoms. The van der Waals surface area contributed by atoms with Gasteiger partial charge in [0.1, 0.15) is 11.5 Å². The minimum Gasteiger partial charge on any atom is -0.496 e. The molecule has 0 atom stereocenters. The van der Waals surface area contributed by atoms with Gasteiger partial charge in [0.2, 0.25) is 5.91 Å². The fourth-order valence-corrected chi connectivity index (χ4v) is 2.24. The van der Waals surface area contributed by atoms with Crippen LogP contribution in [0, 0.1) is 6.92 Å². The Bertz CT molecular complexity index is 708. The van der Waals surface area contributed by atoms with Crippen molar-refractivity contribution in [3.63, 3.8) is 0 Å². The number of aryl methyl sites for hydroxylation is 1. The van der Waals surface area contributed by atoms with Gasteiger partial charge in [-0.3, -0.25) is 4.79 Å². The maximum Gasteiger partial charge on any atom is 0.244 e.